The number of nitrogens with two attached hydrogens (primary N) is 1. The Labute approximate surface area is 100 Å². The molecule has 3 heteroatoms. The predicted octanol–water partition coefficient (Wildman–Crippen LogP) is 2.59. The highest BCUT2D eigenvalue weighted by Crippen LogP contribution is 2.14. The van der Waals surface area contributed by atoms with Crippen molar-refractivity contribution in [1.82, 2.24) is 5.32 Å². The van der Waals surface area contributed by atoms with Gasteiger partial charge in [-0.25, -0.2) is 0 Å². The summed E-state index contributed by atoms with van der Waals surface area (Å²) in [5.74, 6) is -0.206. The lowest BCUT2D eigenvalue weighted by molar-refractivity contribution is -0.118. The third-order valence-corrected chi connectivity index (χ3v) is 2.86. The molecule has 0 aromatic rings. The summed E-state index contributed by atoms with van der Waals surface area (Å²) in [6.07, 6.45) is 7.74. The number of carbonyl (C=O) groups is 1. The summed E-state index contributed by atoms with van der Waals surface area (Å²) < 4.78 is 0. The van der Waals surface area contributed by atoms with E-state index >= 15 is 0 Å². The molecule has 0 radical (unpaired) electrons. The average molecular weight is 228 g/mol. The molecule has 0 aromatic heterocycles. The molecule has 3 nitrogen and oxygen atoms in total. The molecule has 0 aliphatic heterocycles. The molecular formula is C13H28N2O. The first-order valence-corrected chi connectivity index (χ1v) is 6.51. The highest BCUT2D eigenvalue weighted by atomic mass is 16.1. The monoisotopic (exact) mass is 228 g/mol. The molecular weight excluding hydrogens is 200 g/mol. The topological polar surface area (TPSA) is 55.1 Å². The number of nitrogens with one attached hydrogen (secondary N) is 1. The van der Waals surface area contributed by atoms with E-state index in [1.807, 2.05) is 0 Å². The summed E-state index contributed by atoms with van der Waals surface area (Å²) in [4.78, 5) is 10.6. The van der Waals surface area contributed by atoms with Crippen LogP contribution in [0, 0.1) is 0 Å². The van der Waals surface area contributed by atoms with Crippen LogP contribution in [0.3, 0.4) is 0 Å². The summed E-state index contributed by atoms with van der Waals surface area (Å²) in [5.41, 5.74) is 5.28. The van der Waals surface area contributed by atoms with E-state index in [0.717, 1.165) is 13.0 Å². The van der Waals surface area contributed by atoms with E-state index in [-0.39, 0.29) is 11.4 Å². The van der Waals surface area contributed by atoms with Gasteiger partial charge in [-0.05, 0) is 33.2 Å². The SMILES string of the molecule is CCCCCCC(C)(C)NCCCC(N)=O. The van der Waals surface area contributed by atoms with Gasteiger partial charge in [-0.3, -0.25) is 4.79 Å². The summed E-state index contributed by atoms with van der Waals surface area (Å²) in [5, 5.41) is 3.48. The Balaban J connectivity index is 3.49. The Morgan fingerprint density at radius 3 is 2.44 bits per heavy atom. The van der Waals surface area contributed by atoms with E-state index in [9.17, 15) is 4.79 Å². The van der Waals surface area contributed by atoms with E-state index in [1.165, 1.54) is 32.1 Å². The van der Waals surface area contributed by atoms with Crippen molar-refractivity contribution >= 4 is 5.91 Å². The largest absolute Gasteiger partial charge is 0.370 e. The zero-order chi connectivity index (χ0) is 12.4. The smallest absolute Gasteiger partial charge is 0.217 e. The molecule has 0 spiro atoms. The van der Waals surface area contributed by atoms with Crippen LogP contribution in [0.5, 0.6) is 0 Å². The number of unbranched alkanes of at least 4 members (excludes halogenated alkanes) is 3. The van der Waals surface area contributed by atoms with Crippen LogP contribution in [0.25, 0.3) is 0 Å². The van der Waals surface area contributed by atoms with Crippen LogP contribution in [-0.4, -0.2) is 18.0 Å². The molecule has 1 amide bonds. The van der Waals surface area contributed by atoms with Gasteiger partial charge in [0.2, 0.25) is 5.91 Å². The molecule has 96 valence electrons. The summed E-state index contributed by atoms with van der Waals surface area (Å²) in [7, 11) is 0. The van der Waals surface area contributed by atoms with Gasteiger partial charge in [-0.15, -0.1) is 0 Å². The Morgan fingerprint density at radius 1 is 1.19 bits per heavy atom. The molecule has 16 heavy (non-hydrogen) atoms. The molecule has 0 bridgehead atoms. The van der Waals surface area contributed by atoms with Crippen LogP contribution in [0.1, 0.15) is 65.7 Å². The van der Waals surface area contributed by atoms with Crippen molar-refractivity contribution in [2.45, 2.75) is 71.3 Å². The van der Waals surface area contributed by atoms with Crippen LogP contribution in [0.15, 0.2) is 0 Å². The average Bonchev–Trinajstić information content (AvgIpc) is 2.19. The van der Waals surface area contributed by atoms with Gasteiger partial charge in [0.15, 0.2) is 0 Å². The molecule has 0 atom stereocenters. The van der Waals surface area contributed by atoms with Crippen molar-refractivity contribution < 1.29 is 4.79 Å². The van der Waals surface area contributed by atoms with Crippen molar-refractivity contribution in [2.24, 2.45) is 5.73 Å². The molecule has 0 heterocycles. The van der Waals surface area contributed by atoms with Gasteiger partial charge >= 0.3 is 0 Å². The molecule has 0 saturated carbocycles. The summed E-state index contributed by atoms with van der Waals surface area (Å²) in [6.45, 7) is 7.56. The van der Waals surface area contributed by atoms with Crippen LogP contribution in [0.4, 0.5) is 0 Å². The van der Waals surface area contributed by atoms with Crippen molar-refractivity contribution in [3.05, 3.63) is 0 Å². The molecule has 0 saturated heterocycles. The second-order valence-corrected chi connectivity index (χ2v) is 5.19. The van der Waals surface area contributed by atoms with Crippen LogP contribution < -0.4 is 11.1 Å². The van der Waals surface area contributed by atoms with E-state index in [0.29, 0.717) is 6.42 Å². The van der Waals surface area contributed by atoms with E-state index in [4.69, 9.17) is 5.73 Å². The highest BCUT2D eigenvalue weighted by Gasteiger charge is 2.15. The lowest BCUT2D eigenvalue weighted by Crippen LogP contribution is -2.39. The van der Waals surface area contributed by atoms with Gasteiger partial charge in [0.05, 0.1) is 0 Å². The second-order valence-electron chi connectivity index (χ2n) is 5.19. The zero-order valence-electron chi connectivity index (χ0n) is 11.1. The Morgan fingerprint density at radius 2 is 1.88 bits per heavy atom. The fraction of sp³-hybridized carbons (Fsp3) is 0.923. The first-order chi connectivity index (χ1) is 7.48. The quantitative estimate of drug-likeness (QED) is 0.565. The third kappa shape index (κ3) is 9.97. The number of rotatable bonds is 10. The molecule has 3 N–H and O–H groups in total. The fourth-order valence-electron chi connectivity index (χ4n) is 1.77. The lowest BCUT2D eigenvalue weighted by atomic mass is 9.96. The summed E-state index contributed by atoms with van der Waals surface area (Å²) >= 11 is 0. The third-order valence-electron chi connectivity index (χ3n) is 2.86. The first-order valence-electron chi connectivity index (χ1n) is 6.51. The molecule has 0 unspecified atom stereocenters. The van der Waals surface area contributed by atoms with E-state index in [1.54, 1.807) is 0 Å². The van der Waals surface area contributed by atoms with Gasteiger partial charge < -0.3 is 11.1 Å². The van der Waals surface area contributed by atoms with E-state index < -0.39 is 0 Å². The van der Waals surface area contributed by atoms with Gasteiger partial charge in [0, 0.05) is 12.0 Å². The van der Waals surface area contributed by atoms with Crippen molar-refractivity contribution in [1.29, 1.82) is 0 Å². The van der Waals surface area contributed by atoms with Gasteiger partial charge in [0.25, 0.3) is 0 Å². The molecule has 0 rings (SSSR count). The predicted molar refractivity (Wildman–Crippen MR) is 69.3 cm³/mol. The standard InChI is InChI=1S/C13H28N2O/c1-4-5-6-7-10-13(2,3)15-11-8-9-12(14)16/h15H,4-11H2,1-3H3,(H2,14,16). The minimum atomic E-state index is -0.206. The minimum Gasteiger partial charge on any atom is -0.370 e. The van der Waals surface area contributed by atoms with E-state index in [2.05, 4.69) is 26.1 Å². The van der Waals surface area contributed by atoms with Crippen molar-refractivity contribution in [3.8, 4) is 0 Å². The highest BCUT2D eigenvalue weighted by molar-refractivity contribution is 5.73. The molecule has 0 fully saturated rings. The lowest BCUT2D eigenvalue weighted by Gasteiger charge is -2.26. The zero-order valence-corrected chi connectivity index (χ0v) is 11.1. The minimum absolute atomic E-state index is 0.186. The number of primary amides is 1. The Kier molecular flexibility index (Phi) is 8.26. The normalized spacial score (nSPS) is 11.7. The number of hydrogen-bond acceptors (Lipinski definition) is 2. The van der Waals surface area contributed by atoms with Crippen LogP contribution >= 0.6 is 0 Å². The Bertz CT molecular complexity index is 190. The second kappa shape index (κ2) is 8.57. The summed E-state index contributed by atoms with van der Waals surface area (Å²) in [6, 6.07) is 0. The maximum Gasteiger partial charge on any atom is 0.217 e. The molecule has 0 aromatic carbocycles. The molecule has 0 aliphatic rings. The first kappa shape index (κ1) is 15.4. The maximum atomic E-state index is 10.6. The fourth-order valence-corrected chi connectivity index (χ4v) is 1.77. The van der Waals surface area contributed by atoms with Gasteiger partial charge in [-0.1, -0.05) is 32.6 Å². The maximum absolute atomic E-state index is 10.6. The van der Waals surface area contributed by atoms with Crippen LogP contribution in [-0.2, 0) is 4.79 Å². The Hall–Kier alpha value is -0.570. The van der Waals surface area contributed by atoms with Crippen LogP contribution in [0.2, 0.25) is 0 Å². The number of carbonyl (C=O) groups excluding carboxylic acids is 1. The van der Waals surface area contributed by atoms with Crippen molar-refractivity contribution in [3.63, 3.8) is 0 Å². The number of amides is 1. The van der Waals surface area contributed by atoms with Crippen molar-refractivity contribution in [2.75, 3.05) is 6.54 Å². The van der Waals surface area contributed by atoms with Gasteiger partial charge in [-0.2, -0.15) is 0 Å². The number of hydrogen-bond donors (Lipinski definition) is 2. The molecule has 0 aliphatic carbocycles. The van der Waals surface area contributed by atoms with Gasteiger partial charge in [0.1, 0.15) is 0 Å².